The smallest absolute Gasteiger partial charge is 0.220 e. The summed E-state index contributed by atoms with van der Waals surface area (Å²) in [7, 11) is 0. The maximum absolute atomic E-state index is 11.5. The zero-order valence-electron chi connectivity index (χ0n) is 15.7. The van der Waals surface area contributed by atoms with E-state index in [2.05, 4.69) is 12.2 Å². The number of hydrogen-bond acceptors (Lipinski definition) is 2. The molecule has 23 heavy (non-hydrogen) atoms. The van der Waals surface area contributed by atoms with Crippen LogP contribution in [0.2, 0.25) is 0 Å². The first-order valence-corrected chi connectivity index (χ1v) is 10.2. The molecule has 0 saturated carbocycles. The highest BCUT2D eigenvalue weighted by Gasteiger charge is 2.04. The van der Waals surface area contributed by atoms with Crippen molar-refractivity contribution in [1.82, 2.24) is 5.32 Å². The predicted molar refractivity (Wildman–Crippen MR) is 99.6 cm³/mol. The van der Waals surface area contributed by atoms with Crippen molar-refractivity contribution in [2.24, 2.45) is 0 Å². The zero-order chi connectivity index (χ0) is 17.2. The second-order valence-electron chi connectivity index (χ2n) is 6.86. The third-order valence-electron chi connectivity index (χ3n) is 4.51. The number of rotatable bonds is 17. The molecule has 0 aliphatic heterocycles. The van der Waals surface area contributed by atoms with Crippen LogP contribution >= 0.6 is 0 Å². The number of unbranched alkanes of at least 4 members (excludes halogenated alkanes) is 12. The SMILES string of the molecule is CCCCCCCCCCCCCCCC(=O)NCC(O)CC. The number of aliphatic hydroxyl groups is 1. The van der Waals surface area contributed by atoms with E-state index >= 15 is 0 Å². The van der Waals surface area contributed by atoms with Crippen LogP contribution in [-0.4, -0.2) is 23.7 Å². The van der Waals surface area contributed by atoms with Gasteiger partial charge in [0, 0.05) is 13.0 Å². The van der Waals surface area contributed by atoms with E-state index in [-0.39, 0.29) is 5.91 Å². The molecule has 3 heteroatoms. The molecule has 1 unspecified atom stereocenters. The summed E-state index contributed by atoms with van der Waals surface area (Å²) >= 11 is 0. The molecule has 0 saturated heterocycles. The van der Waals surface area contributed by atoms with Crippen LogP contribution in [0.5, 0.6) is 0 Å². The maximum Gasteiger partial charge on any atom is 0.220 e. The summed E-state index contributed by atoms with van der Waals surface area (Å²) in [5, 5.41) is 12.2. The van der Waals surface area contributed by atoms with E-state index in [1.165, 1.54) is 70.6 Å². The lowest BCUT2D eigenvalue weighted by Crippen LogP contribution is -2.31. The molecule has 138 valence electrons. The highest BCUT2D eigenvalue weighted by Crippen LogP contribution is 2.12. The largest absolute Gasteiger partial charge is 0.391 e. The Balaban J connectivity index is 3.14. The molecule has 0 radical (unpaired) electrons. The van der Waals surface area contributed by atoms with Crippen LogP contribution in [0.1, 0.15) is 110 Å². The fraction of sp³-hybridized carbons (Fsp3) is 0.950. The van der Waals surface area contributed by atoms with Gasteiger partial charge in [0.1, 0.15) is 0 Å². The van der Waals surface area contributed by atoms with Crippen LogP contribution in [0, 0.1) is 0 Å². The average molecular weight is 328 g/mol. The number of aliphatic hydroxyl groups excluding tert-OH is 1. The van der Waals surface area contributed by atoms with Crippen LogP contribution in [0.25, 0.3) is 0 Å². The monoisotopic (exact) mass is 327 g/mol. The molecule has 3 nitrogen and oxygen atoms in total. The van der Waals surface area contributed by atoms with Crippen LogP contribution in [0.15, 0.2) is 0 Å². The molecular weight excluding hydrogens is 286 g/mol. The number of carbonyl (C=O) groups is 1. The molecule has 0 heterocycles. The van der Waals surface area contributed by atoms with Crippen molar-refractivity contribution in [3.05, 3.63) is 0 Å². The summed E-state index contributed by atoms with van der Waals surface area (Å²) in [4.78, 5) is 11.5. The summed E-state index contributed by atoms with van der Waals surface area (Å²) < 4.78 is 0. The Morgan fingerprint density at radius 3 is 1.65 bits per heavy atom. The molecule has 0 rings (SSSR count). The summed E-state index contributed by atoms with van der Waals surface area (Å²) in [6, 6.07) is 0. The molecule has 0 aromatic carbocycles. The van der Waals surface area contributed by atoms with Crippen molar-refractivity contribution in [2.45, 2.75) is 116 Å². The van der Waals surface area contributed by atoms with Gasteiger partial charge >= 0.3 is 0 Å². The third kappa shape index (κ3) is 17.6. The average Bonchev–Trinajstić information content (AvgIpc) is 2.56. The first kappa shape index (κ1) is 22.4. The van der Waals surface area contributed by atoms with Crippen LogP contribution in [-0.2, 0) is 4.79 Å². The zero-order valence-corrected chi connectivity index (χ0v) is 15.7. The van der Waals surface area contributed by atoms with Crippen LogP contribution in [0.4, 0.5) is 0 Å². The summed E-state index contributed by atoms with van der Waals surface area (Å²) in [5.74, 6) is 0.0839. The van der Waals surface area contributed by atoms with Gasteiger partial charge in [-0.3, -0.25) is 4.79 Å². The minimum Gasteiger partial charge on any atom is -0.391 e. The minimum absolute atomic E-state index is 0.0839. The van der Waals surface area contributed by atoms with Gasteiger partial charge in [0.05, 0.1) is 6.10 Å². The van der Waals surface area contributed by atoms with Crippen molar-refractivity contribution >= 4 is 5.91 Å². The molecule has 0 aliphatic rings. The molecule has 0 spiro atoms. The van der Waals surface area contributed by atoms with Crippen molar-refractivity contribution in [3.8, 4) is 0 Å². The quantitative estimate of drug-likeness (QED) is 0.354. The summed E-state index contributed by atoms with van der Waals surface area (Å²) in [6.07, 6.45) is 18.1. The second-order valence-corrected chi connectivity index (χ2v) is 6.86. The van der Waals surface area contributed by atoms with Gasteiger partial charge in [-0.15, -0.1) is 0 Å². The highest BCUT2D eigenvalue weighted by molar-refractivity contribution is 5.75. The Labute approximate surface area is 144 Å². The normalized spacial score (nSPS) is 12.3. The van der Waals surface area contributed by atoms with Gasteiger partial charge in [0.15, 0.2) is 0 Å². The van der Waals surface area contributed by atoms with Crippen molar-refractivity contribution in [2.75, 3.05) is 6.54 Å². The molecule has 0 bridgehead atoms. The Kier molecular flexibility index (Phi) is 17.3. The molecule has 0 aliphatic carbocycles. The van der Waals surface area contributed by atoms with Gasteiger partial charge in [-0.2, -0.15) is 0 Å². The Bertz CT molecular complexity index is 256. The lowest BCUT2D eigenvalue weighted by molar-refractivity contribution is -0.121. The fourth-order valence-electron chi connectivity index (χ4n) is 2.77. The highest BCUT2D eigenvalue weighted by atomic mass is 16.3. The predicted octanol–water partition coefficient (Wildman–Crippen LogP) is 5.35. The molecular formula is C20H41NO2. The van der Waals surface area contributed by atoms with Crippen molar-refractivity contribution < 1.29 is 9.90 Å². The Morgan fingerprint density at radius 1 is 0.783 bits per heavy atom. The molecule has 0 aromatic heterocycles. The minimum atomic E-state index is -0.398. The van der Waals surface area contributed by atoms with Gasteiger partial charge in [-0.1, -0.05) is 90.9 Å². The van der Waals surface area contributed by atoms with Crippen molar-refractivity contribution in [3.63, 3.8) is 0 Å². The fourth-order valence-corrected chi connectivity index (χ4v) is 2.77. The van der Waals surface area contributed by atoms with Gasteiger partial charge in [0.25, 0.3) is 0 Å². The van der Waals surface area contributed by atoms with E-state index in [1.54, 1.807) is 0 Å². The lowest BCUT2D eigenvalue weighted by Gasteiger charge is -2.09. The second kappa shape index (κ2) is 17.8. The first-order chi connectivity index (χ1) is 11.2. The third-order valence-corrected chi connectivity index (χ3v) is 4.51. The first-order valence-electron chi connectivity index (χ1n) is 10.2. The van der Waals surface area contributed by atoms with E-state index in [1.807, 2.05) is 6.92 Å². The summed E-state index contributed by atoms with van der Waals surface area (Å²) in [6.45, 7) is 4.58. The molecule has 0 fully saturated rings. The number of hydrogen-bond donors (Lipinski definition) is 2. The lowest BCUT2D eigenvalue weighted by atomic mass is 10.0. The summed E-state index contributed by atoms with van der Waals surface area (Å²) in [5.41, 5.74) is 0. The van der Waals surface area contributed by atoms with Crippen LogP contribution < -0.4 is 5.32 Å². The Hall–Kier alpha value is -0.570. The molecule has 2 N–H and O–H groups in total. The molecule has 1 amide bonds. The molecule has 1 atom stereocenters. The van der Waals surface area contributed by atoms with Gasteiger partial charge in [0.2, 0.25) is 5.91 Å². The topological polar surface area (TPSA) is 49.3 Å². The van der Waals surface area contributed by atoms with E-state index in [9.17, 15) is 9.90 Å². The standard InChI is InChI=1S/C20H41NO2/c1-3-5-6-7-8-9-10-11-12-13-14-15-16-17-20(23)21-18-19(22)4-2/h19,22H,3-18H2,1-2H3,(H,21,23). The van der Waals surface area contributed by atoms with E-state index in [0.29, 0.717) is 19.4 Å². The van der Waals surface area contributed by atoms with Gasteiger partial charge in [-0.25, -0.2) is 0 Å². The van der Waals surface area contributed by atoms with Crippen LogP contribution in [0.3, 0.4) is 0 Å². The van der Waals surface area contributed by atoms with E-state index < -0.39 is 6.10 Å². The molecule has 0 aromatic rings. The van der Waals surface area contributed by atoms with E-state index in [4.69, 9.17) is 0 Å². The number of nitrogens with one attached hydrogen (secondary N) is 1. The van der Waals surface area contributed by atoms with E-state index in [0.717, 1.165) is 12.8 Å². The van der Waals surface area contributed by atoms with Gasteiger partial charge in [-0.05, 0) is 12.8 Å². The Morgan fingerprint density at radius 2 is 1.22 bits per heavy atom. The number of amides is 1. The number of carbonyl (C=O) groups excluding carboxylic acids is 1. The van der Waals surface area contributed by atoms with Crippen molar-refractivity contribution in [1.29, 1.82) is 0 Å². The van der Waals surface area contributed by atoms with Gasteiger partial charge < -0.3 is 10.4 Å². The maximum atomic E-state index is 11.5.